The maximum Gasteiger partial charge on any atom is 0.263 e. The number of fused-ring (bicyclic) bond motifs is 1. The van der Waals surface area contributed by atoms with E-state index in [-0.39, 0.29) is 24.0 Å². The fourth-order valence-corrected chi connectivity index (χ4v) is 3.68. The second-order valence-corrected chi connectivity index (χ2v) is 7.22. The van der Waals surface area contributed by atoms with E-state index in [1.54, 1.807) is 24.4 Å². The predicted octanol–water partition coefficient (Wildman–Crippen LogP) is 1.17. The standard InChI is InChI=1S/C23H18N4O4/c1-2-15-13-24-18(25-15)10-5-3-4-7-14-8-6-9-16-20(14)23(31)27(22(16)30)17-11-12-19(28)26-21(17)29/h1,6,8-9,13,17H,3,5,10-12H2,(H,24,25)(H,26,28,29). The van der Waals surface area contributed by atoms with Crippen molar-refractivity contribution in [3.63, 3.8) is 0 Å². The molecule has 1 saturated heterocycles. The molecule has 31 heavy (non-hydrogen) atoms. The van der Waals surface area contributed by atoms with E-state index in [0.717, 1.165) is 17.1 Å². The molecule has 0 saturated carbocycles. The Labute approximate surface area is 178 Å². The summed E-state index contributed by atoms with van der Waals surface area (Å²) in [7, 11) is 0. The zero-order chi connectivity index (χ0) is 22.0. The van der Waals surface area contributed by atoms with Gasteiger partial charge in [-0.15, -0.1) is 6.42 Å². The van der Waals surface area contributed by atoms with Crippen LogP contribution >= 0.6 is 0 Å². The molecule has 2 aliphatic rings. The number of unbranched alkanes of at least 4 members (excludes halogenated alkanes) is 1. The van der Waals surface area contributed by atoms with E-state index in [1.807, 2.05) is 0 Å². The van der Waals surface area contributed by atoms with Gasteiger partial charge in [0.15, 0.2) is 0 Å². The number of hydrogen-bond acceptors (Lipinski definition) is 5. The van der Waals surface area contributed by atoms with Crippen LogP contribution in [0.25, 0.3) is 0 Å². The van der Waals surface area contributed by atoms with E-state index in [9.17, 15) is 19.2 Å². The highest BCUT2D eigenvalue weighted by atomic mass is 16.2. The van der Waals surface area contributed by atoms with Crippen LogP contribution in [0.3, 0.4) is 0 Å². The van der Waals surface area contributed by atoms with Crippen molar-refractivity contribution >= 4 is 23.6 Å². The van der Waals surface area contributed by atoms with E-state index in [2.05, 4.69) is 33.0 Å². The lowest BCUT2D eigenvalue weighted by molar-refractivity contribution is -0.136. The third-order valence-electron chi connectivity index (χ3n) is 5.19. The van der Waals surface area contributed by atoms with Gasteiger partial charge in [-0.25, -0.2) is 4.98 Å². The Morgan fingerprint density at radius 1 is 1.19 bits per heavy atom. The lowest BCUT2D eigenvalue weighted by Gasteiger charge is -2.27. The van der Waals surface area contributed by atoms with E-state index < -0.39 is 29.7 Å². The molecule has 154 valence electrons. The zero-order valence-corrected chi connectivity index (χ0v) is 16.5. The minimum atomic E-state index is -0.993. The number of terminal acetylenes is 1. The van der Waals surface area contributed by atoms with Crippen molar-refractivity contribution in [3.8, 4) is 24.2 Å². The summed E-state index contributed by atoms with van der Waals surface area (Å²) in [5, 5.41) is 2.19. The fraction of sp³-hybridized carbons (Fsp3) is 0.261. The molecule has 4 rings (SSSR count). The van der Waals surface area contributed by atoms with E-state index >= 15 is 0 Å². The molecule has 2 aliphatic heterocycles. The van der Waals surface area contributed by atoms with Crippen molar-refractivity contribution in [2.45, 2.75) is 38.1 Å². The average molecular weight is 414 g/mol. The smallest absolute Gasteiger partial charge is 0.263 e. The molecule has 3 heterocycles. The van der Waals surface area contributed by atoms with Gasteiger partial charge >= 0.3 is 0 Å². The van der Waals surface area contributed by atoms with Gasteiger partial charge in [0, 0.05) is 24.8 Å². The summed E-state index contributed by atoms with van der Waals surface area (Å²) in [6.45, 7) is 0. The van der Waals surface area contributed by atoms with Crippen molar-refractivity contribution in [2.24, 2.45) is 0 Å². The average Bonchev–Trinajstić information content (AvgIpc) is 3.32. The summed E-state index contributed by atoms with van der Waals surface area (Å²) in [6, 6.07) is 3.89. The van der Waals surface area contributed by atoms with Gasteiger partial charge in [0.25, 0.3) is 11.8 Å². The Kier molecular flexibility index (Phi) is 5.38. The second kappa shape index (κ2) is 8.29. The summed E-state index contributed by atoms with van der Waals surface area (Å²) in [5.41, 5.74) is 1.50. The number of amides is 4. The van der Waals surface area contributed by atoms with Crippen LogP contribution in [0.1, 0.15) is 63.5 Å². The molecule has 8 nitrogen and oxygen atoms in total. The third-order valence-corrected chi connectivity index (χ3v) is 5.19. The molecule has 0 aliphatic carbocycles. The number of aromatic nitrogens is 2. The first-order valence-corrected chi connectivity index (χ1v) is 9.83. The van der Waals surface area contributed by atoms with Gasteiger partial charge in [0.1, 0.15) is 17.6 Å². The monoisotopic (exact) mass is 414 g/mol. The molecular formula is C23H18N4O4. The first kappa shape index (κ1) is 20.1. The molecule has 2 N–H and O–H groups in total. The van der Waals surface area contributed by atoms with Crippen molar-refractivity contribution in [3.05, 3.63) is 52.6 Å². The number of nitrogens with zero attached hydrogens (tertiary/aromatic N) is 2. The molecule has 0 bridgehead atoms. The summed E-state index contributed by atoms with van der Waals surface area (Å²) >= 11 is 0. The zero-order valence-electron chi connectivity index (χ0n) is 16.5. The number of aryl methyl sites for hydroxylation is 1. The summed E-state index contributed by atoms with van der Waals surface area (Å²) in [4.78, 5) is 57.5. The molecule has 1 aromatic heterocycles. The lowest BCUT2D eigenvalue weighted by atomic mass is 10.0. The molecular weight excluding hydrogens is 396 g/mol. The molecule has 1 aromatic carbocycles. The normalized spacial score (nSPS) is 17.6. The fourth-order valence-electron chi connectivity index (χ4n) is 3.68. The molecule has 1 atom stereocenters. The van der Waals surface area contributed by atoms with Gasteiger partial charge in [0.05, 0.1) is 17.3 Å². The maximum atomic E-state index is 13.0. The van der Waals surface area contributed by atoms with Crippen LogP contribution in [0.4, 0.5) is 0 Å². The Morgan fingerprint density at radius 3 is 2.77 bits per heavy atom. The number of carbonyl (C=O) groups excluding carboxylic acids is 4. The molecule has 1 unspecified atom stereocenters. The number of hydrogen-bond donors (Lipinski definition) is 2. The molecule has 2 aromatic rings. The van der Waals surface area contributed by atoms with Crippen LogP contribution < -0.4 is 5.32 Å². The summed E-state index contributed by atoms with van der Waals surface area (Å²) in [5.74, 6) is 7.13. The van der Waals surface area contributed by atoms with Crippen molar-refractivity contribution in [2.75, 3.05) is 0 Å². The number of H-pyrrole nitrogens is 1. The Hall–Kier alpha value is -4.17. The third kappa shape index (κ3) is 3.84. The van der Waals surface area contributed by atoms with E-state index in [4.69, 9.17) is 6.42 Å². The quantitative estimate of drug-likeness (QED) is 0.443. The highest BCUT2D eigenvalue weighted by molar-refractivity contribution is 6.24. The molecule has 8 heteroatoms. The predicted molar refractivity (Wildman–Crippen MR) is 109 cm³/mol. The molecule has 1 fully saturated rings. The maximum absolute atomic E-state index is 13.0. The number of aromatic amines is 1. The number of imidazole rings is 1. The van der Waals surface area contributed by atoms with Gasteiger partial charge < -0.3 is 4.98 Å². The van der Waals surface area contributed by atoms with Gasteiger partial charge in [-0.3, -0.25) is 29.4 Å². The van der Waals surface area contributed by atoms with E-state index in [1.165, 1.54) is 0 Å². The summed E-state index contributed by atoms with van der Waals surface area (Å²) in [6.07, 6.45) is 9.10. The molecule has 0 spiro atoms. The number of carbonyl (C=O) groups is 4. The van der Waals surface area contributed by atoms with Crippen LogP contribution in [-0.2, 0) is 16.0 Å². The Balaban J connectivity index is 1.47. The highest BCUT2D eigenvalue weighted by Crippen LogP contribution is 2.29. The second-order valence-electron chi connectivity index (χ2n) is 7.22. The Morgan fingerprint density at radius 2 is 2.03 bits per heavy atom. The minimum Gasteiger partial charge on any atom is -0.336 e. The largest absolute Gasteiger partial charge is 0.336 e. The van der Waals surface area contributed by atoms with Crippen LogP contribution in [0.2, 0.25) is 0 Å². The number of piperidine rings is 1. The van der Waals surface area contributed by atoms with Gasteiger partial charge in [-0.1, -0.05) is 23.8 Å². The van der Waals surface area contributed by atoms with Crippen LogP contribution in [0.5, 0.6) is 0 Å². The Bertz CT molecular complexity index is 1210. The SMILES string of the molecule is C#Cc1cnc(CCCC#Cc2cccc3c2C(=O)N(C2CCC(=O)NC2=O)C3=O)[nH]1. The highest BCUT2D eigenvalue weighted by Gasteiger charge is 2.45. The van der Waals surface area contributed by atoms with Crippen molar-refractivity contribution in [1.82, 2.24) is 20.2 Å². The van der Waals surface area contributed by atoms with Crippen LogP contribution in [-0.4, -0.2) is 44.5 Å². The lowest BCUT2D eigenvalue weighted by Crippen LogP contribution is -2.54. The number of nitrogens with one attached hydrogen (secondary N) is 2. The summed E-state index contributed by atoms with van der Waals surface area (Å²) < 4.78 is 0. The van der Waals surface area contributed by atoms with Gasteiger partial charge in [-0.05, 0) is 25.0 Å². The first-order chi connectivity index (χ1) is 15.0. The van der Waals surface area contributed by atoms with Crippen molar-refractivity contribution < 1.29 is 19.2 Å². The van der Waals surface area contributed by atoms with Crippen LogP contribution in [0.15, 0.2) is 24.4 Å². The van der Waals surface area contributed by atoms with E-state index in [0.29, 0.717) is 24.1 Å². The molecule has 0 radical (unpaired) electrons. The topological polar surface area (TPSA) is 112 Å². The number of benzene rings is 1. The minimum absolute atomic E-state index is 0.0784. The first-order valence-electron chi connectivity index (χ1n) is 9.83. The number of rotatable bonds is 4. The molecule has 4 amide bonds. The van der Waals surface area contributed by atoms with Gasteiger partial charge in [-0.2, -0.15) is 0 Å². The number of imide groups is 2. The van der Waals surface area contributed by atoms with Gasteiger partial charge in [0.2, 0.25) is 11.8 Å². The van der Waals surface area contributed by atoms with Crippen molar-refractivity contribution in [1.29, 1.82) is 0 Å². The van der Waals surface area contributed by atoms with Crippen LogP contribution in [0, 0.1) is 24.2 Å².